The van der Waals surface area contributed by atoms with Gasteiger partial charge in [-0.05, 0) is 13.0 Å². The van der Waals surface area contributed by atoms with Gasteiger partial charge in [0.1, 0.15) is 5.69 Å². The van der Waals surface area contributed by atoms with Crippen LogP contribution in [0.4, 0.5) is 11.4 Å². The molecular formula is C11H16ClN3O3. The smallest absolute Gasteiger partial charge is 0.293 e. The van der Waals surface area contributed by atoms with Crippen LogP contribution in [0.25, 0.3) is 0 Å². The number of benzene rings is 1. The van der Waals surface area contributed by atoms with Crippen molar-refractivity contribution in [2.45, 2.75) is 13.0 Å². The van der Waals surface area contributed by atoms with Crippen molar-refractivity contribution in [2.75, 3.05) is 25.0 Å². The third-order valence-electron chi connectivity index (χ3n) is 2.23. The molecule has 1 rings (SSSR count). The zero-order valence-electron chi connectivity index (χ0n) is 10.0. The van der Waals surface area contributed by atoms with Gasteiger partial charge in [-0.15, -0.1) is 0 Å². The van der Waals surface area contributed by atoms with E-state index in [1.165, 1.54) is 12.1 Å². The minimum Gasteiger partial charge on any atom is -0.392 e. The summed E-state index contributed by atoms with van der Waals surface area (Å²) in [4.78, 5) is 10.3. The minimum atomic E-state index is -0.475. The Morgan fingerprint density at radius 2 is 2.22 bits per heavy atom. The fraction of sp³-hybridized carbons (Fsp3) is 0.455. The van der Waals surface area contributed by atoms with E-state index >= 15 is 0 Å². The van der Waals surface area contributed by atoms with E-state index in [0.717, 1.165) is 0 Å². The van der Waals surface area contributed by atoms with Crippen molar-refractivity contribution < 1.29 is 10.0 Å². The molecule has 0 fully saturated rings. The Labute approximate surface area is 110 Å². The summed E-state index contributed by atoms with van der Waals surface area (Å²) < 4.78 is 0. The van der Waals surface area contributed by atoms with E-state index in [0.29, 0.717) is 30.3 Å². The van der Waals surface area contributed by atoms with Crippen LogP contribution in [-0.2, 0) is 0 Å². The molecule has 18 heavy (non-hydrogen) atoms. The number of nitrogens with zero attached hydrogens (tertiary/aromatic N) is 1. The minimum absolute atomic E-state index is 0.0435. The van der Waals surface area contributed by atoms with E-state index in [9.17, 15) is 10.1 Å². The van der Waals surface area contributed by atoms with Crippen LogP contribution in [-0.4, -0.2) is 35.8 Å². The van der Waals surface area contributed by atoms with Crippen molar-refractivity contribution in [3.05, 3.63) is 33.3 Å². The highest BCUT2D eigenvalue weighted by molar-refractivity contribution is 6.33. The van der Waals surface area contributed by atoms with Crippen LogP contribution in [0, 0.1) is 10.1 Å². The van der Waals surface area contributed by atoms with E-state index in [1.807, 2.05) is 0 Å². The monoisotopic (exact) mass is 273 g/mol. The second-order valence-corrected chi connectivity index (χ2v) is 4.28. The lowest BCUT2D eigenvalue weighted by atomic mass is 10.2. The second kappa shape index (κ2) is 7.15. The number of halogens is 1. The van der Waals surface area contributed by atoms with Gasteiger partial charge in [0.05, 0.1) is 16.0 Å². The topological polar surface area (TPSA) is 87.4 Å². The number of nitro benzene ring substituents is 1. The fourth-order valence-corrected chi connectivity index (χ4v) is 1.66. The number of anilines is 1. The summed E-state index contributed by atoms with van der Waals surface area (Å²) >= 11 is 5.91. The van der Waals surface area contributed by atoms with Crippen molar-refractivity contribution >= 4 is 23.0 Å². The molecule has 0 bridgehead atoms. The molecule has 0 saturated carbocycles. The van der Waals surface area contributed by atoms with Crippen LogP contribution in [0.5, 0.6) is 0 Å². The first-order valence-corrected chi connectivity index (χ1v) is 5.95. The Morgan fingerprint density at radius 1 is 1.50 bits per heavy atom. The SMILES string of the molecule is CC(O)CNCCNc1c(Cl)cccc1[N+](=O)[O-]. The van der Waals surface area contributed by atoms with Crippen molar-refractivity contribution in [3.63, 3.8) is 0 Å². The lowest BCUT2D eigenvalue weighted by Gasteiger charge is -2.10. The lowest BCUT2D eigenvalue weighted by Crippen LogP contribution is -2.29. The molecule has 7 heteroatoms. The first-order valence-electron chi connectivity index (χ1n) is 5.58. The highest BCUT2D eigenvalue weighted by atomic mass is 35.5. The molecule has 0 radical (unpaired) electrons. The maximum atomic E-state index is 10.8. The summed E-state index contributed by atoms with van der Waals surface area (Å²) in [6.07, 6.45) is -0.417. The van der Waals surface area contributed by atoms with Gasteiger partial charge in [-0.2, -0.15) is 0 Å². The standard InChI is InChI=1S/C11H16ClN3O3/c1-8(16)7-13-5-6-14-11-9(12)3-2-4-10(11)15(17)18/h2-4,8,13-14,16H,5-7H2,1H3. The summed E-state index contributed by atoms with van der Waals surface area (Å²) in [6, 6.07) is 4.54. The Hall–Kier alpha value is -1.37. The van der Waals surface area contributed by atoms with Crippen LogP contribution in [0.1, 0.15) is 6.92 Å². The quantitative estimate of drug-likeness (QED) is 0.399. The van der Waals surface area contributed by atoms with Crippen LogP contribution >= 0.6 is 11.6 Å². The summed E-state index contributed by atoms with van der Waals surface area (Å²) in [5.41, 5.74) is 0.279. The van der Waals surface area contributed by atoms with Gasteiger partial charge in [0, 0.05) is 25.7 Å². The van der Waals surface area contributed by atoms with Gasteiger partial charge in [-0.25, -0.2) is 0 Å². The molecule has 0 aliphatic heterocycles. The Morgan fingerprint density at radius 3 is 2.83 bits per heavy atom. The molecule has 6 nitrogen and oxygen atoms in total. The maximum Gasteiger partial charge on any atom is 0.293 e. The van der Waals surface area contributed by atoms with E-state index in [4.69, 9.17) is 16.7 Å². The fourth-order valence-electron chi connectivity index (χ4n) is 1.43. The van der Waals surface area contributed by atoms with Crippen LogP contribution in [0.15, 0.2) is 18.2 Å². The first kappa shape index (κ1) is 14.7. The van der Waals surface area contributed by atoms with Gasteiger partial charge < -0.3 is 15.7 Å². The first-order chi connectivity index (χ1) is 8.52. The van der Waals surface area contributed by atoms with Crippen LogP contribution in [0.3, 0.4) is 0 Å². The summed E-state index contributed by atoms with van der Waals surface area (Å²) in [5.74, 6) is 0. The third kappa shape index (κ3) is 4.48. The number of aliphatic hydroxyl groups is 1. The van der Waals surface area contributed by atoms with Gasteiger partial charge >= 0.3 is 0 Å². The number of aliphatic hydroxyl groups excluding tert-OH is 1. The highest BCUT2D eigenvalue weighted by Gasteiger charge is 2.15. The Bertz CT molecular complexity index is 413. The van der Waals surface area contributed by atoms with Gasteiger partial charge in [0.2, 0.25) is 0 Å². The number of hydrogen-bond donors (Lipinski definition) is 3. The van der Waals surface area contributed by atoms with E-state index in [1.54, 1.807) is 13.0 Å². The number of hydrogen-bond acceptors (Lipinski definition) is 5. The second-order valence-electron chi connectivity index (χ2n) is 3.87. The van der Waals surface area contributed by atoms with Crippen LogP contribution < -0.4 is 10.6 Å². The molecule has 1 aromatic rings. The summed E-state index contributed by atoms with van der Waals surface area (Å²) in [7, 11) is 0. The Balaban J connectivity index is 2.53. The molecule has 0 aliphatic carbocycles. The molecule has 0 aromatic heterocycles. The van der Waals surface area contributed by atoms with Crippen molar-refractivity contribution in [3.8, 4) is 0 Å². The van der Waals surface area contributed by atoms with Gasteiger partial charge in [-0.3, -0.25) is 10.1 Å². The molecule has 0 saturated heterocycles. The molecule has 1 unspecified atom stereocenters. The predicted molar refractivity (Wildman–Crippen MR) is 71.1 cm³/mol. The maximum absolute atomic E-state index is 10.8. The average Bonchev–Trinajstić information content (AvgIpc) is 2.29. The van der Waals surface area contributed by atoms with E-state index in [-0.39, 0.29) is 5.69 Å². The molecule has 0 aliphatic rings. The van der Waals surface area contributed by atoms with Gasteiger partial charge in [-0.1, -0.05) is 17.7 Å². The zero-order valence-corrected chi connectivity index (χ0v) is 10.8. The van der Waals surface area contributed by atoms with Crippen molar-refractivity contribution in [1.82, 2.24) is 5.32 Å². The zero-order chi connectivity index (χ0) is 13.5. The number of para-hydroxylation sites is 1. The normalized spacial score (nSPS) is 12.2. The van der Waals surface area contributed by atoms with E-state index in [2.05, 4.69) is 10.6 Å². The summed E-state index contributed by atoms with van der Waals surface area (Å²) in [6.45, 7) is 3.22. The molecule has 0 heterocycles. The number of rotatable bonds is 7. The van der Waals surface area contributed by atoms with Crippen molar-refractivity contribution in [2.24, 2.45) is 0 Å². The molecular weight excluding hydrogens is 258 g/mol. The lowest BCUT2D eigenvalue weighted by molar-refractivity contribution is -0.383. The highest BCUT2D eigenvalue weighted by Crippen LogP contribution is 2.31. The van der Waals surface area contributed by atoms with Gasteiger partial charge in [0.25, 0.3) is 5.69 Å². The molecule has 0 amide bonds. The average molecular weight is 274 g/mol. The number of nitro groups is 1. The molecule has 1 atom stereocenters. The van der Waals surface area contributed by atoms with Crippen molar-refractivity contribution in [1.29, 1.82) is 0 Å². The van der Waals surface area contributed by atoms with Crippen LogP contribution in [0.2, 0.25) is 5.02 Å². The largest absolute Gasteiger partial charge is 0.392 e. The number of nitrogens with one attached hydrogen (secondary N) is 2. The summed E-state index contributed by atoms with van der Waals surface area (Å²) in [5, 5.41) is 26.1. The van der Waals surface area contributed by atoms with E-state index < -0.39 is 11.0 Å². The molecule has 100 valence electrons. The Kier molecular flexibility index (Phi) is 5.84. The van der Waals surface area contributed by atoms with Gasteiger partial charge in [0.15, 0.2) is 0 Å². The molecule has 0 spiro atoms. The molecule has 3 N–H and O–H groups in total. The predicted octanol–water partition coefficient (Wildman–Crippen LogP) is 1.63. The molecule has 1 aromatic carbocycles. The third-order valence-corrected chi connectivity index (χ3v) is 2.55.